The lowest BCUT2D eigenvalue weighted by atomic mass is 9.90. The zero-order valence-electron chi connectivity index (χ0n) is 9.68. The number of rotatable bonds is 1. The maximum atomic E-state index is 11.7. The van der Waals surface area contributed by atoms with Gasteiger partial charge in [0.2, 0.25) is 5.91 Å². The second kappa shape index (κ2) is 4.22. The minimum absolute atomic E-state index is 0.00519. The molecule has 1 aromatic rings. The Kier molecular flexibility index (Phi) is 2.92. The van der Waals surface area contributed by atoms with Crippen molar-refractivity contribution in [3.05, 3.63) is 29.6 Å². The Morgan fingerprint density at radius 3 is 3.00 bits per heavy atom. The fourth-order valence-electron chi connectivity index (χ4n) is 2.29. The average Bonchev–Trinajstić information content (AvgIpc) is 2.27. The molecular weight excluding hydrogens is 202 g/mol. The maximum Gasteiger partial charge on any atom is 0.222 e. The zero-order valence-corrected chi connectivity index (χ0v) is 9.68. The first-order valence-corrected chi connectivity index (χ1v) is 5.53. The van der Waals surface area contributed by atoms with Gasteiger partial charge in [0.1, 0.15) is 0 Å². The van der Waals surface area contributed by atoms with Crippen molar-refractivity contribution in [2.75, 3.05) is 7.05 Å². The van der Waals surface area contributed by atoms with Crippen LogP contribution in [0.25, 0.3) is 0 Å². The number of carbonyl (C=O) groups is 1. The van der Waals surface area contributed by atoms with Crippen LogP contribution in [0.1, 0.15) is 30.0 Å². The Morgan fingerprint density at radius 1 is 1.56 bits per heavy atom. The molecule has 2 N–H and O–H groups in total. The molecule has 0 radical (unpaired) electrons. The molecule has 1 saturated heterocycles. The lowest BCUT2D eigenvalue weighted by Crippen LogP contribution is -2.47. The van der Waals surface area contributed by atoms with Gasteiger partial charge in [-0.15, -0.1) is 0 Å². The molecule has 0 saturated carbocycles. The molecule has 2 atom stereocenters. The SMILES string of the molecule is Cc1ccncc1C1C(N)CCC(=O)N1C. The predicted molar refractivity (Wildman–Crippen MR) is 61.7 cm³/mol. The van der Waals surface area contributed by atoms with Crippen molar-refractivity contribution in [2.24, 2.45) is 5.73 Å². The van der Waals surface area contributed by atoms with Gasteiger partial charge in [-0.2, -0.15) is 0 Å². The molecule has 1 aliphatic rings. The molecule has 86 valence electrons. The van der Waals surface area contributed by atoms with E-state index in [1.54, 1.807) is 11.1 Å². The highest BCUT2D eigenvalue weighted by atomic mass is 16.2. The first-order valence-electron chi connectivity index (χ1n) is 5.53. The molecule has 0 aliphatic carbocycles. The van der Waals surface area contributed by atoms with Gasteiger partial charge >= 0.3 is 0 Å². The highest BCUT2D eigenvalue weighted by Gasteiger charge is 2.33. The maximum absolute atomic E-state index is 11.7. The lowest BCUT2D eigenvalue weighted by Gasteiger charge is -2.37. The average molecular weight is 219 g/mol. The molecule has 1 aliphatic heterocycles. The molecule has 16 heavy (non-hydrogen) atoms. The zero-order chi connectivity index (χ0) is 11.7. The fraction of sp³-hybridized carbons (Fsp3) is 0.500. The number of amides is 1. The summed E-state index contributed by atoms with van der Waals surface area (Å²) in [4.78, 5) is 17.6. The molecular formula is C12H17N3O. The summed E-state index contributed by atoms with van der Waals surface area (Å²) in [5.41, 5.74) is 8.31. The second-order valence-corrected chi connectivity index (χ2v) is 4.38. The van der Waals surface area contributed by atoms with Gasteiger partial charge < -0.3 is 10.6 Å². The largest absolute Gasteiger partial charge is 0.337 e. The third-order valence-electron chi connectivity index (χ3n) is 3.31. The van der Waals surface area contributed by atoms with Crippen LogP contribution >= 0.6 is 0 Å². The topological polar surface area (TPSA) is 59.2 Å². The van der Waals surface area contributed by atoms with Gasteiger partial charge in [-0.05, 0) is 30.5 Å². The number of aryl methyl sites for hydroxylation is 1. The molecule has 0 spiro atoms. The number of pyridine rings is 1. The highest BCUT2D eigenvalue weighted by molar-refractivity contribution is 5.77. The molecule has 2 unspecified atom stereocenters. The number of nitrogens with zero attached hydrogens (tertiary/aromatic N) is 2. The Morgan fingerprint density at radius 2 is 2.31 bits per heavy atom. The van der Waals surface area contributed by atoms with E-state index in [0.29, 0.717) is 6.42 Å². The fourth-order valence-corrected chi connectivity index (χ4v) is 2.29. The number of hydrogen-bond acceptors (Lipinski definition) is 3. The number of likely N-dealkylation sites (N-methyl/N-ethyl adjacent to an activating group) is 1. The van der Waals surface area contributed by atoms with Crippen molar-refractivity contribution in [1.29, 1.82) is 0 Å². The van der Waals surface area contributed by atoms with Crippen LogP contribution < -0.4 is 5.73 Å². The van der Waals surface area contributed by atoms with E-state index in [0.717, 1.165) is 17.5 Å². The number of nitrogens with two attached hydrogens (primary N) is 1. The number of piperidine rings is 1. The quantitative estimate of drug-likeness (QED) is 0.767. The minimum Gasteiger partial charge on any atom is -0.337 e. The van der Waals surface area contributed by atoms with Crippen LogP contribution in [0.5, 0.6) is 0 Å². The first-order chi connectivity index (χ1) is 7.61. The smallest absolute Gasteiger partial charge is 0.222 e. The van der Waals surface area contributed by atoms with Crippen molar-refractivity contribution in [3.8, 4) is 0 Å². The predicted octanol–water partition coefficient (Wildman–Crippen LogP) is 1.01. The molecule has 0 aromatic carbocycles. The van der Waals surface area contributed by atoms with Crippen LogP contribution in [0.3, 0.4) is 0 Å². The highest BCUT2D eigenvalue weighted by Crippen LogP contribution is 2.30. The minimum atomic E-state index is -0.0325. The number of aromatic nitrogens is 1. The van der Waals surface area contributed by atoms with Crippen LogP contribution in [-0.4, -0.2) is 28.9 Å². The normalized spacial score (nSPS) is 25.9. The van der Waals surface area contributed by atoms with Crippen LogP contribution in [-0.2, 0) is 4.79 Å². The number of carbonyl (C=O) groups excluding carboxylic acids is 1. The van der Waals surface area contributed by atoms with Gasteiger partial charge in [-0.25, -0.2) is 0 Å². The van der Waals surface area contributed by atoms with Crippen molar-refractivity contribution < 1.29 is 4.79 Å². The Balaban J connectivity index is 2.37. The summed E-state index contributed by atoms with van der Waals surface area (Å²) in [6.07, 6.45) is 4.87. The van der Waals surface area contributed by atoms with Crippen molar-refractivity contribution >= 4 is 5.91 Å². The van der Waals surface area contributed by atoms with Crippen LogP contribution in [0.2, 0.25) is 0 Å². The van der Waals surface area contributed by atoms with Crippen molar-refractivity contribution in [1.82, 2.24) is 9.88 Å². The van der Waals surface area contributed by atoms with Gasteiger partial charge in [0, 0.05) is 31.9 Å². The number of likely N-dealkylation sites (tertiary alicyclic amines) is 1. The molecule has 0 bridgehead atoms. The lowest BCUT2D eigenvalue weighted by molar-refractivity contribution is -0.135. The van der Waals surface area contributed by atoms with Crippen LogP contribution in [0, 0.1) is 6.92 Å². The van der Waals surface area contributed by atoms with E-state index in [-0.39, 0.29) is 18.0 Å². The van der Waals surface area contributed by atoms with E-state index in [1.165, 1.54) is 0 Å². The summed E-state index contributed by atoms with van der Waals surface area (Å²) in [5, 5.41) is 0. The Bertz CT molecular complexity index is 405. The van der Waals surface area contributed by atoms with E-state index in [2.05, 4.69) is 4.98 Å². The van der Waals surface area contributed by atoms with E-state index in [9.17, 15) is 4.79 Å². The monoisotopic (exact) mass is 219 g/mol. The molecule has 1 fully saturated rings. The Labute approximate surface area is 95.5 Å². The van der Waals surface area contributed by atoms with Crippen LogP contribution in [0.15, 0.2) is 18.5 Å². The summed E-state index contributed by atoms with van der Waals surface area (Å²) in [5.74, 6) is 0.162. The second-order valence-electron chi connectivity index (χ2n) is 4.38. The van der Waals surface area contributed by atoms with Gasteiger partial charge in [-0.1, -0.05) is 0 Å². The van der Waals surface area contributed by atoms with Gasteiger partial charge in [0.15, 0.2) is 0 Å². The Hall–Kier alpha value is -1.42. The molecule has 1 amide bonds. The summed E-state index contributed by atoms with van der Waals surface area (Å²) in [6, 6.07) is 1.93. The molecule has 4 nitrogen and oxygen atoms in total. The summed E-state index contributed by atoms with van der Waals surface area (Å²) >= 11 is 0. The summed E-state index contributed by atoms with van der Waals surface area (Å²) in [6.45, 7) is 2.02. The standard InChI is InChI=1S/C12H17N3O/c1-8-5-6-14-7-9(8)12-10(13)3-4-11(16)15(12)2/h5-7,10,12H,3-4,13H2,1-2H3. The van der Waals surface area contributed by atoms with Gasteiger partial charge in [-0.3, -0.25) is 9.78 Å². The number of hydrogen-bond donors (Lipinski definition) is 1. The van der Waals surface area contributed by atoms with E-state index in [1.807, 2.05) is 26.2 Å². The summed E-state index contributed by atoms with van der Waals surface area (Å²) in [7, 11) is 1.82. The van der Waals surface area contributed by atoms with Gasteiger partial charge in [0.05, 0.1) is 6.04 Å². The summed E-state index contributed by atoms with van der Waals surface area (Å²) < 4.78 is 0. The van der Waals surface area contributed by atoms with E-state index < -0.39 is 0 Å². The van der Waals surface area contributed by atoms with Crippen LogP contribution in [0.4, 0.5) is 0 Å². The van der Waals surface area contributed by atoms with Gasteiger partial charge in [0.25, 0.3) is 0 Å². The van der Waals surface area contributed by atoms with E-state index >= 15 is 0 Å². The molecule has 2 heterocycles. The molecule has 2 rings (SSSR count). The van der Waals surface area contributed by atoms with E-state index in [4.69, 9.17) is 5.73 Å². The third-order valence-corrected chi connectivity index (χ3v) is 3.31. The third kappa shape index (κ3) is 1.80. The van der Waals surface area contributed by atoms with Crippen molar-refractivity contribution in [2.45, 2.75) is 31.8 Å². The first kappa shape index (κ1) is 11.1. The molecule has 4 heteroatoms. The van der Waals surface area contributed by atoms with Crippen molar-refractivity contribution in [3.63, 3.8) is 0 Å². The molecule has 1 aromatic heterocycles.